The number of carbonyl (C=O) groups excluding carboxylic acids is 1. The van der Waals surface area contributed by atoms with Gasteiger partial charge in [0.05, 0.1) is 19.8 Å². The fourth-order valence-electron chi connectivity index (χ4n) is 5.21. The van der Waals surface area contributed by atoms with E-state index in [-0.39, 0.29) is 11.7 Å². The Labute approximate surface area is 192 Å². The summed E-state index contributed by atoms with van der Waals surface area (Å²) in [6.45, 7) is 5.41. The molecule has 0 aliphatic carbocycles. The van der Waals surface area contributed by atoms with Crippen LogP contribution in [0.15, 0.2) is 48.5 Å². The molecule has 0 aromatic heterocycles. The second-order valence-corrected chi connectivity index (χ2v) is 9.07. The number of benzene rings is 2. The van der Waals surface area contributed by atoms with Crippen LogP contribution >= 0.6 is 0 Å². The molecule has 2 aromatic carbocycles. The maximum atomic E-state index is 13.3. The van der Waals surface area contributed by atoms with Crippen LogP contribution in [0.1, 0.15) is 41.6 Å². The van der Waals surface area contributed by atoms with E-state index in [4.69, 9.17) is 9.47 Å². The predicted octanol–water partition coefficient (Wildman–Crippen LogP) is 4.31. The molecule has 5 nitrogen and oxygen atoms in total. The van der Waals surface area contributed by atoms with Crippen molar-refractivity contribution in [1.82, 2.24) is 9.80 Å². The van der Waals surface area contributed by atoms with Crippen molar-refractivity contribution in [2.75, 3.05) is 46.9 Å². The van der Waals surface area contributed by atoms with Crippen LogP contribution in [0.2, 0.25) is 0 Å². The summed E-state index contributed by atoms with van der Waals surface area (Å²) in [4.78, 5) is 18.5. The van der Waals surface area contributed by atoms with Gasteiger partial charge in [0.25, 0.3) is 0 Å². The first-order chi connectivity index (χ1) is 15.7. The van der Waals surface area contributed by atoms with Gasteiger partial charge in [0, 0.05) is 31.1 Å². The lowest BCUT2D eigenvalue weighted by Gasteiger charge is -2.42. The molecular formula is C27H36N2O3. The summed E-state index contributed by atoms with van der Waals surface area (Å²) in [5.41, 5.74) is 2.09. The molecule has 2 aliphatic rings. The highest BCUT2D eigenvalue weighted by Crippen LogP contribution is 2.31. The van der Waals surface area contributed by atoms with Crippen molar-refractivity contribution in [3.63, 3.8) is 0 Å². The number of piperidine rings is 2. The van der Waals surface area contributed by atoms with Crippen molar-refractivity contribution in [3.05, 3.63) is 59.7 Å². The molecular weight excluding hydrogens is 400 g/mol. The van der Waals surface area contributed by atoms with Crippen LogP contribution < -0.4 is 9.47 Å². The number of likely N-dealkylation sites (tertiary alicyclic amines) is 2. The summed E-state index contributed by atoms with van der Waals surface area (Å²) in [5.74, 6) is 1.57. The van der Waals surface area contributed by atoms with Gasteiger partial charge in [-0.05, 0) is 69.4 Å². The lowest BCUT2D eigenvalue weighted by Crippen LogP contribution is -2.49. The molecule has 2 fully saturated rings. The lowest BCUT2D eigenvalue weighted by molar-refractivity contribution is 0.0596. The van der Waals surface area contributed by atoms with Gasteiger partial charge in [0.1, 0.15) is 11.5 Å². The zero-order chi connectivity index (χ0) is 22.3. The van der Waals surface area contributed by atoms with Gasteiger partial charge in [-0.3, -0.25) is 9.69 Å². The van der Waals surface area contributed by atoms with E-state index in [0.29, 0.717) is 23.1 Å². The summed E-state index contributed by atoms with van der Waals surface area (Å²) < 4.78 is 10.8. The molecule has 0 radical (unpaired) electrons. The maximum absolute atomic E-state index is 13.3. The van der Waals surface area contributed by atoms with Crippen LogP contribution in [0.5, 0.6) is 11.5 Å². The van der Waals surface area contributed by atoms with E-state index < -0.39 is 0 Å². The maximum Gasteiger partial charge on any atom is 0.170 e. The topological polar surface area (TPSA) is 42.0 Å². The monoisotopic (exact) mass is 436 g/mol. The summed E-state index contributed by atoms with van der Waals surface area (Å²) in [6, 6.07) is 16.9. The van der Waals surface area contributed by atoms with Gasteiger partial charge in [-0.15, -0.1) is 0 Å². The lowest BCUT2D eigenvalue weighted by atomic mass is 9.88. The fraction of sp³-hybridized carbons (Fsp3) is 0.519. The van der Waals surface area contributed by atoms with Gasteiger partial charge >= 0.3 is 0 Å². The van der Waals surface area contributed by atoms with Gasteiger partial charge in [-0.25, -0.2) is 0 Å². The van der Waals surface area contributed by atoms with Crippen molar-refractivity contribution >= 4 is 5.78 Å². The minimum Gasteiger partial charge on any atom is -0.497 e. The Morgan fingerprint density at radius 1 is 0.969 bits per heavy atom. The van der Waals surface area contributed by atoms with Crippen LogP contribution in [0, 0.1) is 5.92 Å². The first-order valence-corrected chi connectivity index (χ1v) is 11.9. The molecule has 32 heavy (non-hydrogen) atoms. The molecule has 5 heteroatoms. The quantitative estimate of drug-likeness (QED) is 0.577. The van der Waals surface area contributed by atoms with E-state index in [2.05, 4.69) is 40.1 Å². The zero-order valence-corrected chi connectivity index (χ0v) is 19.5. The Hall–Kier alpha value is -2.37. The smallest absolute Gasteiger partial charge is 0.170 e. The predicted molar refractivity (Wildman–Crippen MR) is 128 cm³/mol. The Balaban J connectivity index is 1.30. The minimum atomic E-state index is 0.0437. The number of carbonyl (C=O) groups is 1. The van der Waals surface area contributed by atoms with E-state index in [1.807, 2.05) is 12.1 Å². The second-order valence-electron chi connectivity index (χ2n) is 9.07. The summed E-state index contributed by atoms with van der Waals surface area (Å²) in [6.07, 6.45) is 5.56. The van der Waals surface area contributed by atoms with Crippen molar-refractivity contribution in [1.29, 1.82) is 0 Å². The van der Waals surface area contributed by atoms with E-state index in [1.54, 1.807) is 20.3 Å². The molecule has 2 aliphatic heterocycles. The number of ether oxygens (including phenoxy) is 2. The number of ketones is 1. The summed E-state index contributed by atoms with van der Waals surface area (Å²) in [5, 5.41) is 0. The molecule has 0 saturated carbocycles. The normalized spacial score (nSPS) is 20.8. The average Bonchev–Trinajstić information content (AvgIpc) is 2.87. The Morgan fingerprint density at radius 2 is 1.75 bits per heavy atom. The number of rotatable bonds is 8. The Kier molecular flexibility index (Phi) is 7.82. The first-order valence-electron chi connectivity index (χ1n) is 11.9. The number of methoxy groups -OCH3 is 2. The van der Waals surface area contributed by atoms with Crippen LogP contribution in [0.4, 0.5) is 0 Å². The van der Waals surface area contributed by atoms with Gasteiger partial charge in [0.15, 0.2) is 5.78 Å². The standard InChI is InChI=1S/C27H36N2O3/c1-31-24-10-11-25(26(19-24)32-2)27(30)22-9-6-15-29(20-22)23-13-17-28(18-14-23)16-12-21-7-4-3-5-8-21/h3-5,7-8,10-11,19,22-23H,6,9,12-18,20H2,1-2H3/t22-/m0/s1. The summed E-state index contributed by atoms with van der Waals surface area (Å²) >= 11 is 0. The third kappa shape index (κ3) is 5.51. The molecule has 2 aromatic rings. The first kappa shape index (κ1) is 22.8. The van der Waals surface area contributed by atoms with Crippen LogP contribution in [0.25, 0.3) is 0 Å². The van der Waals surface area contributed by atoms with Gasteiger partial charge < -0.3 is 14.4 Å². The molecule has 0 unspecified atom stereocenters. The van der Waals surface area contributed by atoms with E-state index in [1.165, 1.54) is 18.4 Å². The number of nitrogens with zero attached hydrogens (tertiary/aromatic N) is 2. The van der Waals surface area contributed by atoms with Crippen molar-refractivity contribution < 1.29 is 14.3 Å². The third-order valence-electron chi connectivity index (χ3n) is 7.13. The van der Waals surface area contributed by atoms with Crippen LogP contribution in [-0.4, -0.2) is 68.6 Å². The Bertz CT molecular complexity index is 878. The molecule has 0 bridgehead atoms. The van der Waals surface area contributed by atoms with E-state index in [0.717, 1.165) is 52.0 Å². The highest BCUT2D eigenvalue weighted by atomic mass is 16.5. The van der Waals surface area contributed by atoms with Crippen LogP contribution in [0.3, 0.4) is 0 Å². The van der Waals surface area contributed by atoms with Crippen molar-refractivity contribution in [2.45, 2.75) is 38.1 Å². The molecule has 172 valence electrons. The SMILES string of the molecule is COc1ccc(C(=O)[C@H]2CCCN(C3CCN(CCc4ccccc4)CC3)C2)c(OC)c1. The molecule has 2 saturated heterocycles. The zero-order valence-electron chi connectivity index (χ0n) is 19.5. The number of Topliss-reactive ketones (excluding diaryl/α,β-unsaturated/α-hetero) is 1. The van der Waals surface area contributed by atoms with Gasteiger partial charge in [-0.1, -0.05) is 30.3 Å². The molecule has 0 amide bonds. The largest absolute Gasteiger partial charge is 0.497 e. The third-order valence-corrected chi connectivity index (χ3v) is 7.13. The highest BCUT2D eigenvalue weighted by molar-refractivity contribution is 6.00. The summed E-state index contributed by atoms with van der Waals surface area (Å²) in [7, 11) is 3.24. The van der Waals surface area contributed by atoms with E-state index >= 15 is 0 Å². The van der Waals surface area contributed by atoms with Crippen molar-refractivity contribution in [2.24, 2.45) is 5.92 Å². The Morgan fingerprint density at radius 3 is 2.47 bits per heavy atom. The van der Waals surface area contributed by atoms with E-state index in [9.17, 15) is 4.79 Å². The van der Waals surface area contributed by atoms with Crippen molar-refractivity contribution in [3.8, 4) is 11.5 Å². The molecule has 1 atom stereocenters. The number of hydrogen-bond acceptors (Lipinski definition) is 5. The van der Waals surface area contributed by atoms with Crippen LogP contribution in [-0.2, 0) is 6.42 Å². The minimum absolute atomic E-state index is 0.0437. The average molecular weight is 437 g/mol. The second kappa shape index (κ2) is 11.0. The molecule has 4 rings (SSSR count). The van der Waals surface area contributed by atoms with Gasteiger partial charge in [0.2, 0.25) is 0 Å². The molecule has 2 heterocycles. The molecule has 0 N–H and O–H groups in total. The fourth-order valence-corrected chi connectivity index (χ4v) is 5.21. The van der Waals surface area contributed by atoms with Gasteiger partial charge in [-0.2, -0.15) is 0 Å². The molecule has 0 spiro atoms. The number of hydrogen-bond donors (Lipinski definition) is 0. The highest BCUT2D eigenvalue weighted by Gasteiger charge is 2.33.